The van der Waals surface area contributed by atoms with E-state index in [0.29, 0.717) is 29.7 Å². The van der Waals surface area contributed by atoms with E-state index in [1.54, 1.807) is 13.8 Å². The van der Waals surface area contributed by atoms with Crippen molar-refractivity contribution in [1.29, 1.82) is 0 Å². The number of carbonyl (C=O) groups is 1. The molecule has 0 spiro atoms. The second kappa shape index (κ2) is 7.81. The highest BCUT2D eigenvalue weighted by molar-refractivity contribution is 6.03. The van der Waals surface area contributed by atoms with Crippen LogP contribution in [0.25, 0.3) is 22.6 Å². The van der Waals surface area contributed by atoms with Crippen LogP contribution in [0.15, 0.2) is 53.3 Å². The van der Waals surface area contributed by atoms with Gasteiger partial charge in [0.25, 0.3) is 5.91 Å². The lowest BCUT2D eigenvalue weighted by Gasteiger charge is -2.13. The van der Waals surface area contributed by atoms with Crippen LogP contribution in [-0.2, 0) is 4.74 Å². The van der Waals surface area contributed by atoms with Gasteiger partial charge in [-0.3, -0.25) is 9.20 Å². The third-order valence-corrected chi connectivity index (χ3v) is 5.17. The molecule has 0 saturated carbocycles. The van der Waals surface area contributed by atoms with Gasteiger partial charge >= 0.3 is 0 Å². The van der Waals surface area contributed by atoms with E-state index < -0.39 is 0 Å². The minimum absolute atomic E-state index is 0.217. The normalized spacial score (nSPS) is 13.9. The summed E-state index contributed by atoms with van der Waals surface area (Å²) in [5.41, 5.74) is 5.16. The number of carbonyl (C=O) groups excluding carboxylic acids is 1. The molecule has 8 heteroatoms. The summed E-state index contributed by atoms with van der Waals surface area (Å²) in [6.07, 6.45) is 8.80. The Balaban J connectivity index is 1.41. The van der Waals surface area contributed by atoms with E-state index in [2.05, 4.69) is 26.3 Å². The fourth-order valence-electron chi connectivity index (χ4n) is 3.67. The zero-order valence-electron chi connectivity index (χ0n) is 17.3. The monoisotopic (exact) mass is 415 g/mol. The van der Waals surface area contributed by atoms with Crippen LogP contribution in [0.2, 0.25) is 0 Å². The van der Waals surface area contributed by atoms with Crippen LogP contribution in [-0.4, -0.2) is 38.5 Å². The molecule has 0 aliphatic carbocycles. The van der Waals surface area contributed by atoms with E-state index in [-0.39, 0.29) is 11.7 Å². The lowest BCUT2D eigenvalue weighted by molar-refractivity contribution is 0.0994. The number of ether oxygens (including phenoxy) is 1. The molecule has 4 aromatic rings. The van der Waals surface area contributed by atoms with Crippen LogP contribution < -0.4 is 5.32 Å². The van der Waals surface area contributed by atoms with E-state index in [0.717, 1.165) is 29.8 Å². The highest BCUT2D eigenvalue weighted by atomic mass is 16.5. The number of aryl methyl sites for hydroxylation is 2. The molecule has 3 aromatic heterocycles. The van der Waals surface area contributed by atoms with Gasteiger partial charge in [-0.15, -0.1) is 0 Å². The predicted octanol–water partition coefficient (Wildman–Crippen LogP) is 4.06. The van der Waals surface area contributed by atoms with Crippen molar-refractivity contribution in [3.05, 3.63) is 71.8 Å². The van der Waals surface area contributed by atoms with E-state index in [9.17, 15) is 4.79 Å². The quantitative estimate of drug-likeness (QED) is 0.540. The van der Waals surface area contributed by atoms with Crippen LogP contribution in [0.3, 0.4) is 0 Å². The molecule has 1 aliphatic heterocycles. The first-order chi connectivity index (χ1) is 15.1. The van der Waals surface area contributed by atoms with Crippen molar-refractivity contribution < 1.29 is 13.9 Å². The van der Waals surface area contributed by atoms with Crippen LogP contribution in [0, 0.1) is 13.8 Å². The Kier molecular flexibility index (Phi) is 4.83. The van der Waals surface area contributed by atoms with E-state index in [1.165, 1.54) is 5.57 Å². The van der Waals surface area contributed by atoms with Gasteiger partial charge in [0.2, 0.25) is 11.5 Å². The zero-order valence-corrected chi connectivity index (χ0v) is 17.3. The van der Waals surface area contributed by atoms with Crippen LogP contribution in [0.4, 0.5) is 5.69 Å². The largest absolute Gasteiger partial charge is 0.436 e. The molecule has 1 aliphatic rings. The maximum absolute atomic E-state index is 12.5. The summed E-state index contributed by atoms with van der Waals surface area (Å²) in [5.74, 6) is 0.967. The molecule has 1 amide bonds. The number of nitrogens with zero attached hydrogens (tertiary/aromatic N) is 4. The van der Waals surface area contributed by atoms with Gasteiger partial charge < -0.3 is 14.5 Å². The van der Waals surface area contributed by atoms with Gasteiger partial charge in [0.1, 0.15) is 0 Å². The summed E-state index contributed by atoms with van der Waals surface area (Å²) in [5, 5.41) is 2.87. The molecule has 0 radical (unpaired) electrons. The fraction of sp³-hybridized carbons (Fsp3) is 0.217. The second-order valence-electron chi connectivity index (χ2n) is 7.41. The lowest BCUT2D eigenvalue weighted by Crippen LogP contribution is -2.12. The first kappa shape index (κ1) is 19.2. The average Bonchev–Trinajstić information content (AvgIpc) is 3.36. The second-order valence-corrected chi connectivity index (χ2v) is 7.41. The fourth-order valence-corrected chi connectivity index (χ4v) is 3.67. The van der Waals surface area contributed by atoms with Crippen LogP contribution >= 0.6 is 0 Å². The molecular formula is C23H21N5O3. The summed E-state index contributed by atoms with van der Waals surface area (Å²) >= 11 is 0. The predicted molar refractivity (Wildman–Crippen MR) is 116 cm³/mol. The van der Waals surface area contributed by atoms with Gasteiger partial charge in [0.05, 0.1) is 24.6 Å². The van der Waals surface area contributed by atoms with Crippen molar-refractivity contribution in [3.8, 4) is 11.3 Å². The van der Waals surface area contributed by atoms with Gasteiger partial charge in [0.15, 0.2) is 5.89 Å². The third kappa shape index (κ3) is 3.85. The van der Waals surface area contributed by atoms with E-state index in [4.69, 9.17) is 9.15 Å². The first-order valence-electron chi connectivity index (χ1n) is 10.0. The number of fused-ring (bicyclic) bond motifs is 1. The van der Waals surface area contributed by atoms with Gasteiger partial charge in [-0.2, -0.15) is 0 Å². The molecule has 8 nitrogen and oxygen atoms in total. The number of rotatable bonds is 4. The number of aromatic nitrogens is 4. The number of amides is 1. The molecular weight excluding hydrogens is 394 g/mol. The highest BCUT2D eigenvalue weighted by Gasteiger charge is 2.16. The summed E-state index contributed by atoms with van der Waals surface area (Å²) in [7, 11) is 0. The SMILES string of the molecule is Cc1nc(C)c(C(=O)Nc2cccc(-c3cn4cc(C5=CCOCC5)cnc4n3)c2)o1. The summed E-state index contributed by atoms with van der Waals surface area (Å²) < 4.78 is 12.7. The first-order valence-corrected chi connectivity index (χ1v) is 10.0. The zero-order chi connectivity index (χ0) is 21.4. The lowest BCUT2D eigenvalue weighted by atomic mass is 10.1. The molecule has 0 saturated heterocycles. The van der Waals surface area contributed by atoms with Crippen molar-refractivity contribution in [1.82, 2.24) is 19.4 Å². The topological polar surface area (TPSA) is 94.6 Å². The standard InChI is InChI=1S/C23H21N5O3/c1-14-21(31-15(2)25-14)22(29)26-19-5-3-4-17(10-19)20-13-28-12-18(11-24-23(28)27-20)16-6-8-30-9-7-16/h3-6,10-13H,7-9H2,1-2H3,(H,26,29). The maximum atomic E-state index is 12.5. The molecule has 0 atom stereocenters. The van der Waals surface area contributed by atoms with E-state index in [1.807, 2.05) is 47.3 Å². The molecule has 1 N–H and O–H groups in total. The molecule has 5 rings (SSSR count). The van der Waals surface area contributed by atoms with Crippen molar-refractivity contribution >= 4 is 22.9 Å². The van der Waals surface area contributed by atoms with Gasteiger partial charge in [-0.1, -0.05) is 18.2 Å². The summed E-state index contributed by atoms with van der Waals surface area (Å²) in [6.45, 7) is 4.82. The number of benzene rings is 1. The Morgan fingerprint density at radius 3 is 2.84 bits per heavy atom. The molecule has 156 valence electrons. The Bertz CT molecular complexity index is 1320. The average molecular weight is 415 g/mol. The number of nitrogens with one attached hydrogen (secondary N) is 1. The van der Waals surface area contributed by atoms with Crippen molar-refractivity contribution in [2.75, 3.05) is 18.5 Å². The van der Waals surface area contributed by atoms with Gasteiger partial charge in [0, 0.05) is 42.3 Å². The molecule has 0 bridgehead atoms. The number of hydrogen-bond acceptors (Lipinski definition) is 6. The van der Waals surface area contributed by atoms with Crippen LogP contribution in [0.5, 0.6) is 0 Å². The smallest absolute Gasteiger partial charge is 0.293 e. The number of anilines is 1. The van der Waals surface area contributed by atoms with E-state index >= 15 is 0 Å². The Hall–Kier alpha value is -3.78. The molecule has 31 heavy (non-hydrogen) atoms. The summed E-state index contributed by atoms with van der Waals surface area (Å²) in [6, 6.07) is 7.52. The minimum atomic E-state index is -0.332. The number of imidazole rings is 1. The summed E-state index contributed by atoms with van der Waals surface area (Å²) in [4.78, 5) is 25.8. The van der Waals surface area contributed by atoms with Gasteiger partial charge in [-0.05, 0) is 31.1 Å². The van der Waals surface area contributed by atoms with Crippen molar-refractivity contribution in [2.45, 2.75) is 20.3 Å². The Morgan fingerprint density at radius 1 is 1.16 bits per heavy atom. The Labute approximate surface area is 178 Å². The van der Waals surface area contributed by atoms with Crippen molar-refractivity contribution in [2.24, 2.45) is 0 Å². The van der Waals surface area contributed by atoms with Gasteiger partial charge in [-0.25, -0.2) is 15.0 Å². The minimum Gasteiger partial charge on any atom is -0.436 e. The molecule has 1 aromatic carbocycles. The van der Waals surface area contributed by atoms with Crippen LogP contribution in [0.1, 0.15) is 34.1 Å². The molecule has 0 fully saturated rings. The number of hydrogen-bond donors (Lipinski definition) is 1. The molecule has 4 heterocycles. The highest BCUT2D eigenvalue weighted by Crippen LogP contribution is 2.25. The maximum Gasteiger partial charge on any atom is 0.293 e. The molecule has 0 unspecified atom stereocenters. The Morgan fingerprint density at radius 2 is 2.06 bits per heavy atom. The van der Waals surface area contributed by atoms with Crippen molar-refractivity contribution in [3.63, 3.8) is 0 Å². The number of oxazole rings is 1. The third-order valence-electron chi connectivity index (χ3n) is 5.17.